The number of hydrogen-bond donors (Lipinski definition) is 3. The highest BCUT2D eigenvalue weighted by molar-refractivity contribution is 4.94. The normalized spacial score (nSPS) is 47.3. The Balaban J connectivity index is 2.11. The highest BCUT2D eigenvalue weighted by Gasteiger charge is 2.51. The second-order valence-electron chi connectivity index (χ2n) is 5.13. The zero-order valence-corrected chi connectivity index (χ0v) is 10.2. The van der Waals surface area contributed by atoms with Crippen LogP contribution in [0.4, 0.5) is 0 Å². The van der Waals surface area contributed by atoms with Crippen LogP contribution < -0.4 is 0 Å². The van der Waals surface area contributed by atoms with Gasteiger partial charge in [-0.05, 0) is 26.2 Å². The van der Waals surface area contributed by atoms with Gasteiger partial charge in [-0.1, -0.05) is 0 Å². The lowest BCUT2D eigenvalue weighted by atomic mass is 9.88. The molecule has 0 unspecified atom stereocenters. The highest BCUT2D eigenvalue weighted by Crippen LogP contribution is 2.40. The predicted molar refractivity (Wildman–Crippen MR) is 60.3 cm³/mol. The Bertz CT molecular complexity index is 259. The SMILES string of the molecule is C[C@H]1CCC[C@@]2(O[C@H](CCO)C[C@H](O)[C@H]2O)O1. The quantitative estimate of drug-likeness (QED) is 0.647. The van der Waals surface area contributed by atoms with E-state index in [0.717, 1.165) is 12.8 Å². The first-order chi connectivity index (χ1) is 8.07. The van der Waals surface area contributed by atoms with Crippen LogP contribution in [0.15, 0.2) is 0 Å². The smallest absolute Gasteiger partial charge is 0.197 e. The largest absolute Gasteiger partial charge is 0.396 e. The van der Waals surface area contributed by atoms with Gasteiger partial charge in [-0.25, -0.2) is 0 Å². The molecule has 0 aromatic carbocycles. The van der Waals surface area contributed by atoms with Gasteiger partial charge in [0.1, 0.15) is 6.10 Å². The summed E-state index contributed by atoms with van der Waals surface area (Å²) in [5.41, 5.74) is 0. The number of aliphatic hydroxyl groups is 3. The second-order valence-corrected chi connectivity index (χ2v) is 5.13. The van der Waals surface area contributed by atoms with Gasteiger partial charge in [-0.3, -0.25) is 0 Å². The molecule has 2 fully saturated rings. The fraction of sp³-hybridized carbons (Fsp3) is 1.00. The van der Waals surface area contributed by atoms with Gasteiger partial charge in [-0.15, -0.1) is 0 Å². The number of hydrogen-bond acceptors (Lipinski definition) is 5. The fourth-order valence-electron chi connectivity index (χ4n) is 2.81. The standard InChI is InChI=1S/C12H22O5/c1-8-3-2-5-12(16-8)11(15)10(14)7-9(17-12)4-6-13/h8-11,13-15H,2-7H2,1H3/t8-,9+,10-,11+,12-/m0/s1. The van der Waals surface area contributed by atoms with Crippen LogP contribution in [0.1, 0.15) is 39.0 Å². The molecule has 3 N–H and O–H groups in total. The van der Waals surface area contributed by atoms with Crippen LogP contribution in [-0.2, 0) is 9.47 Å². The molecule has 1 spiro atoms. The lowest BCUT2D eigenvalue weighted by molar-refractivity contribution is -0.365. The van der Waals surface area contributed by atoms with E-state index in [2.05, 4.69) is 0 Å². The Morgan fingerprint density at radius 1 is 1.29 bits per heavy atom. The summed E-state index contributed by atoms with van der Waals surface area (Å²) >= 11 is 0. The molecule has 0 bridgehead atoms. The molecule has 0 aromatic heterocycles. The van der Waals surface area contributed by atoms with Crippen molar-refractivity contribution >= 4 is 0 Å². The zero-order chi connectivity index (χ0) is 12.5. The van der Waals surface area contributed by atoms with E-state index in [-0.39, 0.29) is 18.8 Å². The molecule has 0 saturated carbocycles. The lowest BCUT2D eigenvalue weighted by Crippen LogP contribution is -2.61. The topological polar surface area (TPSA) is 79.2 Å². The summed E-state index contributed by atoms with van der Waals surface area (Å²) < 4.78 is 11.6. The highest BCUT2D eigenvalue weighted by atomic mass is 16.7. The average molecular weight is 246 g/mol. The maximum atomic E-state index is 10.1. The molecule has 17 heavy (non-hydrogen) atoms. The van der Waals surface area contributed by atoms with Crippen LogP contribution in [-0.4, -0.2) is 52.1 Å². The fourth-order valence-corrected chi connectivity index (χ4v) is 2.81. The first-order valence-corrected chi connectivity index (χ1v) is 6.40. The first kappa shape index (κ1) is 13.2. The molecular formula is C12H22O5. The summed E-state index contributed by atoms with van der Waals surface area (Å²) in [6.45, 7) is 1.96. The van der Waals surface area contributed by atoms with E-state index in [1.165, 1.54) is 0 Å². The zero-order valence-electron chi connectivity index (χ0n) is 10.2. The summed E-state index contributed by atoms with van der Waals surface area (Å²) in [6.07, 6.45) is 1.20. The molecule has 2 aliphatic rings. The van der Waals surface area contributed by atoms with Crippen molar-refractivity contribution in [1.82, 2.24) is 0 Å². The lowest BCUT2D eigenvalue weighted by Gasteiger charge is -2.49. The molecule has 5 nitrogen and oxygen atoms in total. The Hall–Kier alpha value is -0.200. The summed E-state index contributed by atoms with van der Waals surface area (Å²) in [5, 5.41) is 28.9. The monoisotopic (exact) mass is 246 g/mol. The number of rotatable bonds is 2. The molecule has 0 aliphatic carbocycles. The summed E-state index contributed by atoms with van der Waals surface area (Å²) in [5.74, 6) is -1.07. The van der Waals surface area contributed by atoms with Gasteiger partial charge < -0.3 is 24.8 Å². The van der Waals surface area contributed by atoms with Crippen molar-refractivity contribution in [2.75, 3.05) is 6.61 Å². The van der Waals surface area contributed by atoms with Crippen molar-refractivity contribution in [2.24, 2.45) is 0 Å². The van der Waals surface area contributed by atoms with Crippen molar-refractivity contribution in [1.29, 1.82) is 0 Å². The second kappa shape index (κ2) is 5.20. The number of aliphatic hydroxyl groups excluding tert-OH is 3. The van der Waals surface area contributed by atoms with Crippen molar-refractivity contribution in [2.45, 2.75) is 69.2 Å². The van der Waals surface area contributed by atoms with Crippen molar-refractivity contribution in [3.8, 4) is 0 Å². The van der Waals surface area contributed by atoms with E-state index in [0.29, 0.717) is 19.3 Å². The van der Waals surface area contributed by atoms with Crippen LogP contribution in [0.25, 0.3) is 0 Å². The summed E-state index contributed by atoms with van der Waals surface area (Å²) in [7, 11) is 0. The van der Waals surface area contributed by atoms with Crippen molar-refractivity contribution in [3.63, 3.8) is 0 Å². The predicted octanol–water partition coefficient (Wildman–Crippen LogP) is 0.165. The van der Waals surface area contributed by atoms with E-state index in [4.69, 9.17) is 14.6 Å². The van der Waals surface area contributed by atoms with Crippen molar-refractivity contribution in [3.05, 3.63) is 0 Å². The third-order valence-corrected chi connectivity index (χ3v) is 3.67. The van der Waals surface area contributed by atoms with Crippen LogP contribution >= 0.6 is 0 Å². The molecule has 100 valence electrons. The summed E-state index contributed by atoms with van der Waals surface area (Å²) in [6, 6.07) is 0. The minimum atomic E-state index is -1.07. The van der Waals surface area contributed by atoms with Gasteiger partial charge >= 0.3 is 0 Å². The van der Waals surface area contributed by atoms with Crippen LogP contribution in [0, 0.1) is 0 Å². The molecule has 2 aliphatic heterocycles. The van der Waals surface area contributed by atoms with E-state index >= 15 is 0 Å². The van der Waals surface area contributed by atoms with Gasteiger partial charge in [0, 0.05) is 19.4 Å². The minimum Gasteiger partial charge on any atom is -0.396 e. The molecule has 5 atom stereocenters. The van der Waals surface area contributed by atoms with Crippen LogP contribution in [0.3, 0.4) is 0 Å². The Morgan fingerprint density at radius 2 is 2.06 bits per heavy atom. The van der Waals surface area contributed by atoms with Gasteiger partial charge in [-0.2, -0.15) is 0 Å². The van der Waals surface area contributed by atoms with E-state index in [1.807, 2.05) is 6.92 Å². The number of ether oxygens (including phenoxy) is 2. The Morgan fingerprint density at radius 3 is 2.71 bits per heavy atom. The van der Waals surface area contributed by atoms with Gasteiger partial charge in [0.2, 0.25) is 0 Å². The van der Waals surface area contributed by atoms with Gasteiger partial charge in [0.05, 0.1) is 18.3 Å². The van der Waals surface area contributed by atoms with E-state index in [9.17, 15) is 10.2 Å². The third kappa shape index (κ3) is 2.63. The minimum absolute atomic E-state index is 0.0130. The molecule has 2 rings (SSSR count). The molecule has 0 radical (unpaired) electrons. The Labute approximate surface area is 101 Å². The molecule has 0 aromatic rings. The Kier molecular flexibility index (Phi) is 4.05. The van der Waals surface area contributed by atoms with Gasteiger partial charge in [0.25, 0.3) is 0 Å². The molecule has 0 amide bonds. The molecular weight excluding hydrogens is 224 g/mol. The first-order valence-electron chi connectivity index (χ1n) is 6.40. The average Bonchev–Trinajstić information content (AvgIpc) is 2.26. The molecule has 5 heteroatoms. The van der Waals surface area contributed by atoms with E-state index < -0.39 is 18.0 Å². The van der Waals surface area contributed by atoms with E-state index in [1.54, 1.807) is 0 Å². The van der Waals surface area contributed by atoms with Crippen LogP contribution in [0.5, 0.6) is 0 Å². The maximum Gasteiger partial charge on any atom is 0.197 e. The van der Waals surface area contributed by atoms with Crippen molar-refractivity contribution < 1.29 is 24.8 Å². The summed E-state index contributed by atoms with van der Waals surface area (Å²) in [4.78, 5) is 0. The maximum absolute atomic E-state index is 10.1. The third-order valence-electron chi connectivity index (χ3n) is 3.67. The van der Waals surface area contributed by atoms with Gasteiger partial charge in [0.15, 0.2) is 5.79 Å². The molecule has 2 saturated heterocycles. The molecule has 2 heterocycles. The van der Waals surface area contributed by atoms with Crippen LogP contribution in [0.2, 0.25) is 0 Å².